The van der Waals surface area contributed by atoms with E-state index in [2.05, 4.69) is 14.8 Å². The van der Waals surface area contributed by atoms with Crippen molar-refractivity contribution in [3.05, 3.63) is 98.4 Å². The van der Waals surface area contributed by atoms with Crippen LogP contribution in [0.3, 0.4) is 0 Å². The van der Waals surface area contributed by atoms with Gasteiger partial charge >= 0.3 is 0 Å². The second-order valence-corrected chi connectivity index (χ2v) is 10.4. The quantitative estimate of drug-likeness (QED) is 0.320. The zero-order chi connectivity index (χ0) is 26.0. The molecule has 0 spiro atoms. The summed E-state index contributed by atoms with van der Waals surface area (Å²) in [6, 6.07) is 16.5. The van der Waals surface area contributed by atoms with Crippen molar-refractivity contribution in [3.63, 3.8) is 0 Å². The molecule has 8 nitrogen and oxygen atoms in total. The highest BCUT2D eigenvalue weighted by molar-refractivity contribution is 7.92. The molecular weight excluding hydrogens is 500 g/mol. The molecule has 186 valence electrons. The molecule has 0 bridgehead atoms. The van der Waals surface area contributed by atoms with Gasteiger partial charge in [-0.2, -0.15) is 0 Å². The van der Waals surface area contributed by atoms with Crippen LogP contribution in [0.5, 0.6) is 5.75 Å². The van der Waals surface area contributed by atoms with Gasteiger partial charge in [-0.05, 0) is 80.4 Å². The number of H-pyrrole nitrogens is 1. The van der Waals surface area contributed by atoms with Crippen molar-refractivity contribution in [2.24, 2.45) is 4.99 Å². The molecule has 0 saturated carbocycles. The second kappa shape index (κ2) is 10.0. The second-order valence-electron chi connectivity index (χ2n) is 8.27. The molecular formula is C26H25ClN4O4S. The summed E-state index contributed by atoms with van der Waals surface area (Å²) in [4.78, 5) is 17.4. The van der Waals surface area contributed by atoms with E-state index in [0.717, 1.165) is 11.1 Å². The third-order valence-corrected chi connectivity index (χ3v) is 7.47. The molecule has 1 aromatic heterocycles. The maximum atomic E-state index is 13.0. The Bertz CT molecular complexity index is 1620. The summed E-state index contributed by atoms with van der Waals surface area (Å²) in [5, 5.41) is 3.46. The number of rotatable bonds is 7. The van der Waals surface area contributed by atoms with Crippen LogP contribution in [0.4, 0.5) is 11.4 Å². The maximum absolute atomic E-state index is 13.0. The number of aryl methyl sites for hydroxylation is 3. The highest BCUT2D eigenvalue weighted by Crippen LogP contribution is 2.26. The van der Waals surface area contributed by atoms with Crippen LogP contribution in [0.2, 0.25) is 5.02 Å². The first-order chi connectivity index (χ1) is 17.1. The molecule has 0 aliphatic rings. The minimum absolute atomic E-state index is 0.108. The lowest BCUT2D eigenvalue weighted by molar-refractivity contribution is 0.414. The predicted octanol–water partition coefficient (Wildman–Crippen LogP) is 5.30. The van der Waals surface area contributed by atoms with Gasteiger partial charge in [-0.1, -0.05) is 17.7 Å². The standard InChI is InChI=1S/C26H25ClN4O4S/c1-16-5-6-20(13-17(16)2)30-36(33,34)22-10-7-19(8-11-22)28-15-23-18(3)29-31(26(23)32)21-9-12-24(27)25(14-21)35-4/h5-15,29-30H,1-4H3. The van der Waals surface area contributed by atoms with Crippen molar-refractivity contribution in [2.75, 3.05) is 11.8 Å². The van der Waals surface area contributed by atoms with Crippen molar-refractivity contribution < 1.29 is 13.2 Å². The summed E-state index contributed by atoms with van der Waals surface area (Å²) in [6.07, 6.45) is 1.45. The zero-order valence-electron chi connectivity index (χ0n) is 20.2. The molecule has 10 heteroatoms. The Kier molecular flexibility index (Phi) is 7.05. The fourth-order valence-electron chi connectivity index (χ4n) is 3.55. The Labute approximate surface area is 214 Å². The van der Waals surface area contributed by atoms with Gasteiger partial charge in [0.25, 0.3) is 15.6 Å². The van der Waals surface area contributed by atoms with E-state index in [1.807, 2.05) is 19.9 Å². The first-order valence-electron chi connectivity index (χ1n) is 11.0. The number of hydrogen-bond donors (Lipinski definition) is 2. The number of benzene rings is 3. The van der Waals surface area contributed by atoms with Gasteiger partial charge in [0.2, 0.25) is 0 Å². The number of ether oxygens (including phenoxy) is 1. The third-order valence-electron chi connectivity index (χ3n) is 5.76. The molecule has 0 saturated heterocycles. The molecule has 0 aliphatic carbocycles. The Morgan fingerprint density at radius 2 is 1.72 bits per heavy atom. The third kappa shape index (κ3) is 5.22. The van der Waals surface area contributed by atoms with Crippen LogP contribution in [0.25, 0.3) is 5.69 Å². The van der Waals surface area contributed by atoms with Gasteiger partial charge in [0.05, 0.1) is 34.0 Å². The van der Waals surface area contributed by atoms with E-state index in [4.69, 9.17) is 16.3 Å². The number of nitrogens with one attached hydrogen (secondary N) is 2. The van der Waals surface area contributed by atoms with Gasteiger partial charge in [-0.25, -0.2) is 13.1 Å². The molecule has 4 rings (SSSR count). The Balaban J connectivity index is 1.55. The van der Waals surface area contributed by atoms with Crippen LogP contribution < -0.4 is 15.0 Å². The van der Waals surface area contributed by atoms with Crippen molar-refractivity contribution >= 4 is 39.2 Å². The average molecular weight is 525 g/mol. The Hall–Kier alpha value is -3.82. The number of aromatic amines is 1. The monoisotopic (exact) mass is 524 g/mol. The lowest BCUT2D eigenvalue weighted by Gasteiger charge is -2.10. The topological polar surface area (TPSA) is 106 Å². The SMILES string of the molecule is COc1cc(-n2[nH]c(C)c(C=Nc3ccc(S(=O)(=O)Nc4ccc(C)c(C)c4)cc3)c2=O)ccc1Cl. The summed E-state index contributed by atoms with van der Waals surface area (Å²) in [6.45, 7) is 5.65. The molecule has 0 atom stereocenters. The molecule has 0 aliphatic heterocycles. The first kappa shape index (κ1) is 25.3. The van der Waals surface area contributed by atoms with Crippen molar-refractivity contribution in [1.29, 1.82) is 0 Å². The summed E-state index contributed by atoms with van der Waals surface area (Å²) in [5.41, 5.74) is 4.34. The van der Waals surface area contributed by atoms with Crippen LogP contribution in [-0.2, 0) is 10.0 Å². The fourth-order valence-corrected chi connectivity index (χ4v) is 4.79. The largest absolute Gasteiger partial charge is 0.495 e. The summed E-state index contributed by atoms with van der Waals surface area (Å²) in [7, 11) is -2.25. The van der Waals surface area contributed by atoms with E-state index in [1.54, 1.807) is 49.4 Å². The van der Waals surface area contributed by atoms with E-state index >= 15 is 0 Å². The minimum Gasteiger partial charge on any atom is -0.495 e. The van der Waals surface area contributed by atoms with Crippen LogP contribution in [0.1, 0.15) is 22.4 Å². The molecule has 1 heterocycles. The Morgan fingerprint density at radius 3 is 2.39 bits per heavy atom. The van der Waals surface area contributed by atoms with E-state index in [9.17, 15) is 13.2 Å². The highest BCUT2D eigenvalue weighted by Gasteiger charge is 2.15. The van der Waals surface area contributed by atoms with E-state index in [1.165, 1.54) is 30.1 Å². The first-order valence-corrected chi connectivity index (χ1v) is 12.8. The summed E-state index contributed by atoms with van der Waals surface area (Å²) >= 11 is 6.08. The molecule has 36 heavy (non-hydrogen) atoms. The van der Waals surface area contributed by atoms with Crippen LogP contribution in [-0.4, -0.2) is 31.5 Å². The van der Waals surface area contributed by atoms with E-state index in [-0.39, 0.29) is 10.5 Å². The molecule has 3 aromatic carbocycles. The van der Waals surface area contributed by atoms with Gasteiger partial charge < -0.3 is 4.74 Å². The van der Waals surface area contributed by atoms with Crippen molar-refractivity contribution in [3.8, 4) is 11.4 Å². The fraction of sp³-hybridized carbons (Fsp3) is 0.154. The number of nitrogens with zero attached hydrogens (tertiary/aromatic N) is 2. The number of anilines is 1. The lowest BCUT2D eigenvalue weighted by atomic mass is 10.1. The number of halogens is 1. The van der Waals surface area contributed by atoms with E-state index in [0.29, 0.717) is 39.1 Å². The molecule has 2 N–H and O–H groups in total. The predicted molar refractivity (Wildman–Crippen MR) is 143 cm³/mol. The van der Waals surface area contributed by atoms with Crippen LogP contribution in [0.15, 0.2) is 75.3 Å². The van der Waals surface area contributed by atoms with Gasteiger partial charge in [0.15, 0.2) is 0 Å². The molecule has 0 unspecified atom stereocenters. The highest BCUT2D eigenvalue weighted by atomic mass is 35.5. The van der Waals surface area contributed by atoms with Crippen molar-refractivity contribution in [2.45, 2.75) is 25.7 Å². The van der Waals surface area contributed by atoms with E-state index < -0.39 is 10.0 Å². The zero-order valence-corrected chi connectivity index (χ0v) is 21.7. The normalized spacial score (nSPS) is 11.7. The average Bonchev–Trinajstić information content (AvgIpc) is 3.13. The Morgan fingerprint density at radius 1 is 1.00 bits per heavy atom. The number of aliphatic imine (C=N–C) groups is 1. The minimum atomic E-state index is -3.76. The lowest BCUT2D eigenvalue weighted by Crippen LogP contribution is -2.17. The van der Waals surface area contributed by atoms with Gasteiger partial charge in [0.1, 0.15) is 5.75 Å². The number of hydrogen-bond acceptors (Lipinski definition) is 5. The van der Waals surface area contributed by atoms with Gasteiger partial charge in [-0.15, -0.1) is 0 Å². The van der Waals surface area contributed by atoms with Crippen LogP contribution >= 0.6 is 11.6 Å². The molecule has 4 aromatic rings. The number of sulfonamides is 1. The number of aromatic nitrogens is 2. The summed E-state index contributed by atoms with van der Waals surface area (Å²) in [5.74, 6) is 0.450. The van der Waals surface area contributed by atoms with Gasteiger partial charge in [-0.3, -0.25) is 19.6 Å². The maximum Gasteiger partial charge on any atom is 0.280 e. The van der Waals surface area contributed by atoms with Gasteiger partial charge in [0, 0.05) is 23.7 Å². The van der Waals surface area contributed by atoms with Crippen molar-refractivity contribution in [1.82, 2.24) is 9.78 Å². The number of methoxy groups -OCH3 is 1. The molecule has 0 amide bonds. The smallest absolute Gasteiger partial charge is 0.280 e. The molecule has 0 radical (unpaired) electrons. The summed E-state index contributed by atoms with van der Waals surface area (Å²) < 4.78 is 34.7. The molecule has 0 fully saturated rings. The van der Waals surface area contributed by atoms with Crippen LogP contribution in [0, 0.1) is 20.8 Å².